The molecule has 0 bridgehead atoms. The number of phenolic OH excluding ortho intramolecular Hbond substituents is 1. The Balaban J connectivity index is 2.12. The smallest absolute Gasteiger partial charge is 0.225 e. The molecule has 0 saturated carbocycles. The lowest BCUT2D eigenvalue weighted by atomic mass is 9.84. The number of rotatable bonds is 2. The molecule has 114 valence electrons. The summed E-state index contributed by atoms with van der Waals surface area (Å²) >= 11 is 6.23. The van der Waals surface area contributed by atoms with Crippen molar-refractivity contribution in [3.63, 3.8) is 0 Å². The number of hydrogen-bond acceptors (Lipinski definition) is 3. The number of benzene rings is 2. The van der Waals surface area contributed by atoms with Crippen LogP contribution >= 0.6 is 11.6 Å². The van der Waals surface area contributed by atoms with E-state index in [1.165, 1.54) is 0 Å². The summed E-state index contributed by atoms with van der Waals surface area (Å²) in [6.45, 7) is 0. The minimum absolute atomic E-state index is 0.0385. The monoisotopic (exact) mass is 316 g/mol. The largest absolute Gasteiger partial charge is 0.506 e. The molecule has 0 radical (unpaired) electrons. The Kier molecular flexibility index (Phi) is 3.71. The van der Waals surface area contributed by atoms with Crippen LogP contribution < -0.4 is 10.2 Å². The van der Waals surface area contributed by atoms with Gasteiger partial charge in [0, 0.05) is 37.8 Å². The third-order valence-corrected chi connectivity index (χ3v) is 4.39. The van der Waals surface area contributed by atoms with E-state index in [9.17, 15) is 9.90 Å². The summed E-state index contributed by atoms with van der Waals surface area (Å²) in [6, 6.07) is 11.1. The molecule has 2 N–H and O–H groups in total. The summed E-state index contributed by atoms with van der Waals surface area (Å²) in [5.74, 6) is -0.163. The molecule has 4 nitrogen and oxygen atoms in total. The van der Waals surface area contributed by atoms with Crippen LogP contribution in [0.5, 0.6) is 5.75 Å². The first-order valence-electron chi connectivity index (χ1n) is 7.06. The van der Waals surface area contributed by atoms with Crippen molar-refractivity contribution in [3.05, 3.63) is 52.5 Å². The second kappa shape index (κ2) is 5.54. The van der Waals surface area contributed by atoms with Crippen molar-refractivity contribution in [2.45, 2.75) is 12.3 Å². The van der Waals surface area contributed by atoms with Gasteiger partial charge in [-0.25, -0.2) is 0 Å². The highest BCUT2D eigenvalue weighted by molar-refractivity contribution is 6.33. The third-order valence-electron chi connectivity index (χ3n) is 3.98. The summed E-state index contributed by atoms with van der Waals surface area (Å²) in [4.78, 5) is 14.0. The first-order valence-corrected chi connectivity index (χ1v) is 7.43. The number of nitrogens with zero attached hydrogens (tertiary/aromatic N) is 1. The van der Waals surface area contributed by atoms with Gasteiger partial charge in [-0.2, -0.15) is 0 Å². The van der Waals surface area contributed by atoms with Crippen molar-refractivity contribution >= 4 is 28.9 Å². The number of halogens is 1. The molecule has 0 aromatic heterocycles. The van der Waals surface area contributed by atoms with Crippen LogP contribution in [0.3, 0.4) is 0 Å². The van der Waals surface area contributed by atoms with Crippen LogP contribution in [0.25, 0.3) is 0 Å². The van der Waals surface area contributed by atoms with Crippen LogP contribution in [0.1, 0.15) is 23.5 Å². The van der Waals surface area contributed by atoms with Crippen molar-refractivity contribution in [3.8, 4) is 5.75 Å². The van der Waals surface area contributed by atoms with E-state index < -0.39 is 0 Å². The van der Waals surface area contributed by atoms with Gasteiger partial charge in [-0.15, -0.1) is 0 Å². The number of amides is 1. The quantitative estimate of drug-likeness (QED) is 0.890. The number of nitrogens with one attached hydrogen (secondary N) is 1. The molecular weight excluding hydrogens is 300 g/mol. The van der Waals surface area contributed by atoms with E-state index in [4.69, 9.17) is 11.6 Å². The number of hydrogen-bond donors (Lipinski definition) is 2. The molecule has 0 aliphatic carbocycles. The van der Waals surface area contributed by atoms with E-state index in [1.807, 2.05) is 43.3 Å². The second-order valence-corrected chi connectivity index (χ2v) is 6.03. The lowest BCUT2D eigenvalue weighted by molar-refractivity contribution is -0.116. The Labute approximate surface area is 134 Å². The highest BCUT2D eigenvalue weighted by Crippen LogP contribution is 2.42. The van der Waals surface area contributed by atoms with Gasteiger partial charge in [0.05, 0.1) is 5.02 Å². The molecule has 22 heavy (non-hydrogen) atoms. The Morgan fingerprint density at radius 1 is 1.23 bits per heavy atom. The molecular formula is C17H17ClN2O2. The average Bonchev–Trinajstić information content (AvgIpc) is 2.48. The number of aromatic hydroxyl groups is 1. The van der Waals surface area contributed by atoms with Gasteiger partial charge in [0.1, 0.15) is 5.75 Å². The Bertz CT molecular complexity index is 743. The number of phenols is 1. The highest BCUT2D eigenvalue weighted by atomic mass is 35.5. The van der Waals surface area contributed by atoms with Gasteiger partial charge in [-0.05, 0) is 29.3 Å². The number of fused-ring (bicyclic) bond motifs is 1. The molecule has 2 aromatic carbocycles. The van der Waals surface area contributed by atoms with Gasteiger partial charge in [0.2, 0.25) is 5.91 Å². The predicted octanol–water partition coefficient (Wildman–Crippen LogP) is 3.59. The second-order valence-electron chi connectivity index (χ2n) is 5.65. The highest BCUT2D eigenvalue weighted by Gasteiger charge is 2.28. The minimum Gasteiger partial charge on any atom is -0.506 e. The Hall–Kier alpha value is -2.20. The molecule has 5 heteroatoms. The number of carbonyl (C=O) groups excluding carboxylic acids is 1. The van der Waals surface area contributed by atoms with E-state index in [-0.39, 0.29) is 17.6 Å². The fraction of sp³-hybridized carbons (Fsp3) is 0.235. The fourth-order valence-corrected chi connectivity index (χ4v) is 3.07. The molecule has 0 fully saturated rings. The average molecular weight is 317 g/mol. The molecule has 1 heterocycles. The number of carbonyl (C=O) groups is 1. The molecule has 1 aliphatic rings. The predicted molar refractivity (Wildman–Crippen MR) is 89.0 cm³/mol. The van der Waals surface area contributed by atoms with Crippen LogP contribution in [0.4, 0.5) is 11.4 Å². The maximum Gasteiger partial charge on any atom is 0.225 e. The number of anilines is 2. The zero-order valence-corrected chi connectivity index (χ0v) is 13.2. The molecule has 2 aromatic rings. The lowest BCUT2D eigenvalue weighted by Crippen LogP contribution is -2.24. The zero-order chi connectivity index (χ0) is 15.9. The maximum atomic E-state index is 12.1. The summed E-state index contributed by atoms with van der Waals surface area (Å²) in [6.07, 6.45) is 0.317. The minimum atomic E-state index is -0.153. The Morgan fingerprint density at radius 3 is 2.73 bits per heavy atom. The zero-order valence-electron chi connectivity index (χ0n) is 12.4. The van der Waals surface area contributed by atoms with Crippen LogP contribution in [0.2, 0.25) is 5.02 Å². The summed E-state index contributed by atoms with van der Waals surface area (Å²) in [7, 11) is 3.91. The molecule has 0 saturated heterocycles. The maximum absolute atomic E-state index is 12.1. The van der Waals surface area contributed by atoms with Gasteiger partial charge in [0.25, 0.3) is 0 Å². The van der Waals surface area contributed by atoms with Crippen molar-refractivity contribution in [2.75, 3.05) is 24.3 Å². The first kappa shape index (κ1) is 14.7. The Morgan fingerprint density at radius 2 is 2.00 bits per heavy atom. The van der Waals surface area contributed by atoms with Gasteiger partial charge in [0.15, 0.2) is 0 Å². The summed E-state index contributed by atoms with van der Waals surface area (Å²) < 4.78 is 0. The molecule has 1 unspecified atom stereocenters. The normalized spacial score (nSPS) is 16.9. The molecule has 3 rings (SSSR count). The van der Waals surface area contributed by atoms with Gasteiger partial charge >= 0.3 is 0 Å². The summed E-state index contributed by atoms with van der Waals surface area (Å²) in [5.41, 5.74) is 3.60. The molecule has 1 aliphatic heterocycles. The molecule has 1 atom stereocenters. The molecule has 1 amide bonds. The van der Waals surface area contributed by atoms with Crippen LogP contribution in [0, 0.1) is 0 Å². The third kappa shape index (κ3) is 2.50. The van der Waals surface area contributed by atoms with E-state index in [1.54, 1.807) is 12.1 Å². The lowest BCUT2D eigenvalue weighted by Gasteiger charge is -2.28. The van der Waals surface area contributed by atoms with E-state index >= 15 is 0 Å². The fourth-order valence-electron chi connectivity index (χ4n) is 2.81. The first-order chi connectivity index (χ1) is 10.5. The van der Waals surface area contributed by atoms with Crippen molar-refractivity contribution in [1.82, 2.24) is 0 Å². The van der Waals surface area contributed by atoms with Crippen molar-refractivity contribution in [2.24, 2.45) is 0 Å². The van der Waals surface area contributed by atoms with Gasteiger partial charge in [-0.1, -0.05) is 29.8 Å². The van der Waals surface area contributed by atoms with E-state index in [0.717, 1.165) is 22.5 Å². The van der Waals surface area contributed by atoms with Crippen LogP contribution in [-0.4, -0.2) is 25.1 Å². The van der Waals surface area contributed by atoms with E-state index in [0.29, 0.717) is 11.4 Å². The van der Waals surface area contributed by atoms with Gasteiger partial charge in [-0.3, -0.25) is 4.79 Å². The SMILES string of the molecule is CN(C)c1ccc2c(c1)NC(=O)CC2c1cccc(O)c1Cl. The standard InChI is InChI=1S/C17H17ClN2O2/c1-20(2)10-6-7-11-13(9-16(22)19-14(11)8-10)12-4-3-5-15(21)17(12)18/h3-8,13,21H,9H2,1-2H3,(H,19,22). The van der Waals surface area contributed by atoms with Gasteiger partial charge < -0.3 is 15.3 Å². The van der Waals surface area contributed by atoms with Crippen molar-refractivity contribution < 1.29 is 9.90 Å². The molecule has 0 spiro atoms. The van der Waals surface area contributed by atoms with Crippen LogP contribution in [0.15, 0.2) is 36.4 Å². The topological polar surface area (TPSA) is 52.6 Å². The van der Waals surface area contributed by atoms with Crippen LogP contribution in [-0.2, 0) is 4.79 Å². The van der Waals surface area contributed by atoms with E-state index in [2.05, 4.69) is 5.32 Å². The van der Waals surface area contributed by atoms with Crippen molar-refractivity contribution in [1.29, 1.82) is 0 Å². The summed E-state index contributed by atoms with van der Waals surface area (Å²) in [5, 5.41) is 13.1.